The van der Waals surface area contributed by atoms with Gasteiger partial charge in [-0.1, -0.05) is 75.5 Å². The molecule has 0 aliphatic heterocycles. The summed E-state index contributed by atoms with van der Waals surface area (Å²) in [6.07, 6.45) is 1.96. The van der Waals surface area contributed by atoms with E-state index in [1.54, 1.807) is 30.3 Å². The van der Waals surface area contributed by atoms with E-state index in [9.17, 15) is 13.8 Å². The number of benzene rings is 3. The summed E-state index contributed by atoms with van der Waals surface area (Å²) < 4.78 is 30.5. The summed E-state index contributed by atoms with van der Waals surface area (Å²) in [5.74, 6) is 0.286. The standard InChI is InChI=1S/C33H39N3O6S/c1-8-32(4,5)24-14-16-29(27(21-24)33(6,7)9-2)40-17-18-41-31(38)23-11-10-12-25(20-23)42-43(39)36-30(37)26-19-22(3)13-15-28(26)34-35-36/h10-16,19-21H,8-9,17-18H2,1-7H3. The molecule has 1 aromatic heterocycles. The van der Waals surface area contributed by atoms with Crippen molar-refractivity contribution in [2.24, 2.45) is 0 Å². The van der Waals surface area contributed by atoms with Crippen LogP contribution in [-0.4, -0.2) is 37.8 Å². The first kappa shape index (κ1) is 31.9. The van der Waals surface area contributed by atoms with Crippen molar-refractivity contribution in [2.45, 2.75) is 72.1 Å². The normalized spacial score (nSPS) is 12.6. The fourth-order valence-electron chi connectivity index (χ4n) is 4.40. The van der Waals surface area contributed by atoms with Crippen molar-refractivity contribution in [2.75, 3.05) is 13.2 Å². The van der Waals surface area contributed by atoms with Gasteiger partial charge in [0.2, 0.25) is 0 Å². The summed E-state index contributed by atoms with van der Waals surface area (Å²) in [6, 6.07) is 17.5. The second-order valence-corrected chi connectivity index (χ2v) is 12.7. The molecule has 228 valence electrons. The molecule has 0 aliphatic carbocycles. The number of hydrogen-bond acceptors (Lipinski definition) is 8. The van der Waals surface area contributed by atoms with E-state index in [2.05, 4.69) is 64.0 Å². The topological polar surface area (TPSA) is 110 Å². The number of hydrogen-bond donors (Lipinski definition) is 0. The van der Waals surface area contributed by atoms with Gasteiger partial charge in [0.25, 0.3) is 5.56 Å². The minimum Gasteiger partial charge on any atom is -0.490 e. The van der Waals surface area contributed by atoms with Gasteiger partial charge in [-0.05, 0) is 77.8 Å². The van der Waals surface area contributed by atoms with Crippen molar-refractivity contribution in [3.8, 4) is 11.5 Å². The van der Waals surface area contributed by atoms with Crippen LogP contribution in [0.1, 0.15) is 81.4 Å². The van der Waals surface area contributed by atoms with Gasteiger partial charge >= 0.3 is 17.2 Å². The lowest BCUT2D eigenvalue weighted by molar-refractivity contribution is 0.0449. The van der Waals surface area contributed by atoms with Crippen molar-refractivity contribution in [1.29, 1.82) is 0 Å². The molecular formula is C33H39N3O6S. The number of nitrogens with zero attached hydrogens (tertiary/aromatic N) is 3. The van der Waals surface area contributed by atoms with Crippen molar-refractivity contribution < 1.29 is 22.7 Å². The van der Waals surface area contributed by atoms with Crippen LogP contribution in [0, 0.1) is 6.92 Å². The Morgan fingerprint density at radius 2 is 1.67 bits per heavy atom. The van der Waals surface area contributed by atoms with Crippen LogP contribution in [-0.2, 0) is 26.8 Å². The van der Waals surface area contributed by atoms with Gasteiger partial charge < -0.3 is 13.7 Å². The highest BCUT2D eigenvalue weighted by Crippen LogP contribution is 2.38. The molecule has 0 aliphatic rings. The molecule has 0 radical (unpaired) electrons. The van der Waals surface area contributed by atoms with E-state index in [1.165, 1.54) is 17.7 Å². The molecule has 10 heteroatoms. The monoisotopic (exact) mass is 605 g/mol. The maximum Gasteiger partial charge on any atom is 0.344 e. The molecule has 4 rings (SSSR count). The Morgan fingerprint density at radius 1 is 0.930 bits per heavy atom. The molecule has 1 heterocycles. The third-order valence-corrected chi connectivity index (χ3v) is 8.86. The van der Waals surface area contributed by atoms with E-state index in [0.717, 1.165) is 29.7 Å². The number of ether oxygens (including phenoxy) is 2. The van der Waals surface area contributed by atoms with Gasteiger partial charge in [-0.15, -0.1) is 5.10 Å². The Hall–Kier alpha value is -4.05. The Bertz CT molecular complexity index is 1710. The van der Waals surface area contributed by atoms with Crippen molar-refractivity contribution in [1.82, 2.24) is 14.4 Å². The molecule has 0 saturated carbocycles. The zero-order chi connectivity index (χ0) is 31.4. The maximum absolute atomic E-state index is 12.8. The zero-order valence-electron chi connectivity index (χ0n) is 25.8. The first-order chi connectivity index (χ1) is 20.4. The lowest BCUT2D eigenvalue weighted by atomic mass is 9.76. The fraction of sp³-hybridized carbons (Fsp3) is 0.394. The second kappa shape index (κ2) is 13.1. The zero-order valence-corrected chi connectivity index (χ0v) is 26.6. The van der Waals surface area contributed by atoms with E-state index < -0.39 is 22.8 Å². The number of aryl methyl sites for hydroxylation is 1. The number of fused-ring (bicyclic) bond motifs is 1. The molecule has 0 amide bonds. The fourth-order valence-corrected chi connectivity index (χ4v) is 5.07. The van der Waals surface area contributed by atoms with Gasteiger partial charge in [-0.25, -0.2) is 4.79 Å². The molecule has 1 atom stereocenters. The molecule has 1 unspecified atom stereocenters. The van der Waals surface area contributed by atoms with E-state index in [0.29, 0.717) is 9.60 Å². The van der Waals surface area contributed by atoms with Crippen molar-refractivity contribution in [3.05, 3.63) is 93.3 Å². The van der Waals surface area contributed by atoms with Crippen LogP contribution >= 0.6 is 0 Å². The summed E-state index contributed by atoms with van der Waals surface area (Å²) in [5, 5.41) is 7.96. The summed E-state index contributed by atoms with van der Waals surface area (Å²) in [4.78, 5) is 25.6. The minimum absolute atomic E-state index is 0.0333. The van der Waals surface area contributed by atoms with E-state index in [1.807, 2.05) is 13.0 Å². The molecule has 43 heavy (non-hydrogen) atoms. The maximum atomic E-state index is 12.8. The summed E-state index contributed by atoms with van der Waals surface area (Å²) in [6.45, 7) is 15.3. The molecule has 0 fully saturated rings. The van der Waals surface area contributed by atoms with Gasteiger partial charge in [0.15, 0.2) is 0 Å². The largest absolute Gasteiger partial charge is 0.490 e. The van der Waals surface area contributed by atoms with Crippen molar-refractivity contribution >= 4 is 28.1 Å². The Labute approximate surface area is 255 Å². The van der Waals surface area contributed by atoms with Crippen LogP contribution in [0.5, 0.6) is 11.5 Å². The predicted octanol–water partition coefficient (Wildman–Crippen LogP) is 6.22. The highest BCUT2D eigenvalue weighted by Gasteiger charge is 2.26. The predicted molar refractivity (Wildman–Crippen MR) is 168 cm³/mol. The minimum atomic E-state index is -2.32. The first-order valence-electron chi connectivity index (χ1n) is 14.4. The van der Waals surface area contributed by atoms with Crippen LogP contribution in [0.3, 0.4) is 0 Å². The summed E-state index contributed by atoms with van der Waals surface area (Å²) in [5.41, 5.74) is 3.19. The highest BCUT2D eigenvalue weighted by atomic mass is 32.2. The molecular weight excluding hydrogens is 566 g/mol. The van der Waals surface area contributed by atoms with Crippen LogP contribution in [0.15, 0.2) is 65.5 Å². The number of aromatic nitrogens is 3. The average Bonchev–Trinajstić information content (AvgIpc) is 2.99. The third kappa shape index (κ3) is 7.30. The molecule has 0 saturated heterocycles. The number of carbonyl (C=O) groups excluding carboxylic acids is 1. The smallest absolute Gasteiger partial charge is 0.344 e. The highest BCUT2D eigenvalue weighted by molar-refractivity contribution is 7.78. The van der Waals surface area contributed by atoms with Crippen LogP contribution in [0.2, 0.25) is 0 Å². The molecule has 4 aromatic rings. The summed E-state index contributed by atoms with van der Waals surface area (Å²) in [7, 11) is 0. The lowest BCUT2D eigenvalue weighted by Gasteiger charge is -2.30. The number of esters is 1. The van der Waals surface area contributed by atoms with Gasteiger partial charge in [0.1, 0.15) is 30.2 Å². The SMILES string of the molecule is CCC(C)(C)c1ccc(OCCOC(=O)c2cccc(OS(=O)n3nnc4ccc(C)cc4c3=O)c2)c(C(C)(C)CC)c1. The average molecular weight is 606 g/mol. The number of carbonyl (C=O) groups is 1. The molecule has 0 bridgehead atoms. The van der Waals surface area contributed by atoms with E-state index in [4.69, 9.17) is 13.7 Å². The van der Waals surface area contributed by atoms with E-state index in [-0.39, 0.29) is 40.7 Å². The Kier molecular flexibility index (Phi) is 9.69. The molecule has 3 aromatic carbocycles. The molecule has 9 nitrogen and oxygen atoms in total. The van der Waals surface area contributed by atoms with Crippen molar-refractivity contribution in [3.63, 3.8) is 0 Å². The third-order valence-electron chi connectivity index (χ3n) is 8.00. The first-order valence-corrected chi connectivity index (χ1v) is 15.4. The van der Waals surface area contributed by atoms with Gasteiger partial charge in [0, 0.05) is 5.56 Å². The lowest BCUT2D eigenvalue weighted by Crippen LogP contribution is -2.29. The second-order valence-electron chi connectivity index (χ2n) is 11.8. The van der Waals surface area contributed by atoms with Gasteiger partial charge in [-0.2, -0.15) is 4.21 Å². The molecule has 0 spiro atoms. The summed E-state index contributed by atoms with van der Waals surface area (Å²) >= 11 is -2.32. The number of rotatable bonds is 12. The molecule has 0 N–H and O–H groups in total. The van der Waals surface area contributed by atoms with Gasteiger partial charge in [0.05, 0.1) is 10.9 Å². The van der Waals surface area contributed by atoms with Crippen LogP contribution in [0.25, 0.3) is 10.9 Å². The van der Waals surface area contributed by atoms with Crippen LogP contribution < -0.4 is 14.5 Å². The quantitative estimate of drug-likeness (QED) is 0.138. The Balaban J connectivity index is 1.40. The van der Waals surface area contributed by atoms with Crippen LogP contribution in [0.4, 0.5) is 0 Å². The van der Waals surface area contributed by atoms with Gasteiger partial charge in [-0.3, -0.25) is 4.79 Å². The van der Waals surface area contributed by atoms with E-state index >= 15 is 0 Å². The Morgan fingerprint density at radius 3 is 2.40 bits per heavy atom.